The van der Waals surface area contributed by atoms with Crippen molar-refractivity contribution in [2.45, 2.75) is 0 Å². The number of nitrogens with zero attached hydrogens (tertiary/aromatic N) is 4. The highest BCUT2D eigenvalue weighted by molar-refractivity contribution is 5.38. The fraction of sp³-hybridized carbons (Fsp3) is 0. The molecule has 0 unspecified atom stereocenters. The number of benzene rings is 1. The molecule has 0 aliphatic rings. The summed E-state index contributed by atoms with van der Waals surface area (Å²) in [4.78, 5) is 0. The zero-order valence-corrected chi connectivity index (χ0v) is 7.12. The molecule has 5 heteroatoms. The zero-order valence-electron chi connectivity index (χ0n) is 7.12. The molecule has 0 aliphatic carbocycles. The summed E-state index contributed by atoms with van der Waals surface area (Å²) in [6.07, 6.45) is 1.38. The summed E-state index contributed by atoms with van der Waals surface area (Å²) in [5, 5.41) is 25.2. The van der Waals surface area contributed by atoms with Crippen LogP contribution in [0, 0.1) is 11.3 Å². The lowest BCUT2D eigenvalue weighted by atomic mass is 10.3. The summed E-state index contributed by atoms with van der Waals surface area (Å²) >= 11 is 0. The first-order valence-corrected chi connectivity index (χ1v) is 3.91. The van der Waals surface area contributed by atoms with Crippen LogP contribution in [0.1, 0.15) is 5.69 Å². The number of aromatic nitrogens is 3. The number of aromatic hydroxyl groups is 1. The van der Waals surface area contributed by atoms with Gasteiger partial charge in [-0.15, -0.1) is 5.10 Å². The van der Waals surface area contributed by atoms with Gasteiger partial charge in [0, 0.05) is 0 Å². The fourth-order valence-electron chi connectivity index (χ4n) is 1.10. The van der Waals surface area contributed by atoms with Gasteiger partial charge in [0.25, 0.3) is 0 Å². The third-order valence-electron chi connectivity index (χ3n) is 1.76. The average Bonchev–Trinajstić information content (AvgIpc) is 2.67. The first-order valence-electron chi connectivity index (χ1n) is 3.91. The van der Waals surface area contributed by atoms with Gasteiger partial charge in [-0.1, -0.05) is 5.21 Å². The molecule has 14 heavy (non-hydrogen) atoms. The summed E-state index contributed by atoms with van der Waals surface area (Å²) in [5.41, 5.74) is 1.05. The van der Waals surface area contributed by atoms with Crippen LogP contribution < -0.4 is 0 Å². The van der Waals surface area contributed by atoms with Crippen molar-refractivity contribution in [1.82, 2.24) is 15.0 Å². The van der Waals surface area contributed by atoms with Gasteiger partial charge in [-0.2, -0.15) is 5.26 Å². The van der Waals surface area contributed by atoms with Crippen molar-refractivity contribution in [2.75, 3.05) is 0 Å². The van der Waals surface area contributed by atoms with Crippen LogP contribution >= 0.6 is 0 Å². The van der Waals surface area contributed by atoms with Crippen LogP contribution in [0.3, 0.4) is 0 Å². The minimum Gasteiger partial charge on any atom is -0.508 e. The van der Waals surface area contributed by atoms with E-state index in [2.05, 4.69) is 10.3 Å². The lowest BCUT2D eigenvalue weighted by Gasteiger charge is -2.00. The van der Waals surface area contributed by atoms with E-state index >= 15 is 0 Å². The number of nitriles is 1. The summed E-state index contributed by atoms with van der Waals surface area (Å²) in [7, 11) is 0. The van der Waals surface area contributed by atoms with Gasteiger partial charge >= 0.3 is 0 Å². The molecule has 0 radical (unpaired) electrons. The van der Waals surface area contributed by atoms with E-state index in [1.54, 1.807) is 12.1 Å². The Hall–Kier alpha value is -2.35. The van der Waals surface area contributed by atoms with Crippen LogP contribution in [-0.2, 0) is 0 Å². The quantitative estimate of drug-likeness (QED) is 0.716. The van der Waals surface area contributed by atoms with Crippen molar-refractivity contribution < 1.29 is 5.11 Å². The third-order valence-corrected chi connectivity index (χ3v) is 1.76. The summed E-state index contributed by atoms with van der Waals surface area (Å²) in [6.45, 7) is 0. The van der Waals surface area contributed by atoms with Gasteiger partial charge in [0.2, 0.25) is 0 Å². The van der Waals surface area contributed by atoms with E-state index in [1.807, 2.05) is 6.07 Å². The zero-order chi connectivity index (χ0) is 9.97. The molecule has 2 aromatic rings. The van der Waals surface area contributed by atoms with E-state index in [0.717, 1.165) is 0 Å². The van der Waals surface area contributed by atoms with Crippen molar-refractivity contribution >= 4 is 0 Å². The Morgan fingerprint density at radius 1 is 1.29 bits per heavy atom. The predicted molar refractivity (Wildman–Crippen MR) is 47.7 cm³/mol. The molecule has 0 spiro atoms. The van der Waals surface area contributed by atoms with Crippen molar-refractivity contribution in [3.63, 3.8) is 0 Å². The molecule has 0 atom stereocenters. The molecule has 5 nitrogen and oxygen atoms in total. The molecule has 1 heterocycles. The van der Waals surface area contributed by atoms with Gasteiger partial charge in [-0.25, -0.2) is 4.68 Å². The monoisotopic (exact) mass is 186 g/mol. The Morgan fingerprint density at radius 3 is 2.64 bits per heavy atom. The molecule has 1 N–H and O–H groups in total. The maximum Gasteiger partial charge on any atom is 0.164 e. The average molecular weight is 186 g/mol. The maximum absolute atomic E-state index is 9.07. The van der Waals surface area contributed by atoms with Crippen LogP contribution in [0.25, 0.3) is 5.69 Å². The van der Waals surface area contributed by atoms with Gasteiger partial charge < -0.3 is 5.11 Å². The van der Waals surface area contributed by atoms with Crippen molar-refractivity contribution in [2.24, 2.45) is 0 Å². The largest absolute Gasteiger partial charge is 0.508 e. The van der Waals surface area contributed by atoms with Gasteiger partial charge in [0.05, 0.1) is 11.9 Å². The van der Waals surface area contributed by atoms with E-state index < -0.39 is 0 Å². The lowest BCUT2D eigenvalue weighted by molar-refractivity contribution is 0.475. The summed E-state index contributed by atoms with van der Waals surface area (Å²) < 4.78 is 1.40. The number of rotatable bonds is 1. The molecular formula is C9H6N4O. The normalized spacial score (nSPS) is 9.64. The van der Waals surface area contributed by atoms with E-state index in [4.69, 9.17) is 10.4 Å². The first-order chi connectivity index (χ1) is 6.81. The Kier molecular flexibility index (Phi) is 1.88. The standard InChI is InChI=1S/C9H6N4O/c10-5-8-6-11-12-13(8)7-1-3-9(14)4-2-7/h1-4,6,14H. The van der Waals surface area contributed by atoms with Crippen LogP contribution in [0.15, 0.2) is 30.5 Å². The molecule has 1 aromatic heterocycles. The molecule has 0 fully saturated rings. The van der Waals surface area contributed by atoms with Gasteiger partial charge in [-0.05, 0) is 24.3 Å². The highest BCUT2D eigenvalue weighted by atomic mass is 16.3. The summed E-state index contributed by atoms with van der Waals surface area (Å²) in [6, 6.07) is 8.33. The van der Waals surface area contributed by atoms with Crippen molar-refractivity contribution in [1.29, 1.82) is 5.26 Å². The number of hydrogen-bond acceptors (Lipinski definition) is 4. The van der Waals surface area contributed by atoms with Gasteiger partial charge in [-0.3, -0.25) is 0 Å². The molecule has 2 rings (SSSR count). The van der Waals surface area contributed by atoms with E-state index in [9.17, 15) is 0 Å². The second kappa shape index (κ2) is 3.18. The second-order valence-corrected chi connectivity index (χ2v) is 2.66. The molecule has 0 saturated carbocycles. The molecule has 0 aliphatic heterocycles. The molecular weight excluding hydrogens is 180 g/mol. The van der Waals surface area contributed by atoms with Crippen LogP contribution in [-0.4, -0.2) is 20.1 Å². The van der Waals surface area contributed by atoms with Crippen LogP contribution in [0.4, 0.5) is 0 Å². The first kappa shape index (κ1) is 8.26. The number of phenols is 1. The SMILES string of the molecule is N#Cc1cnnn1-c1ccc(O)cc1. The molecule has 68 valence electrons. The second-order valence-electron chi connectivity index (χ2n) is 2.66. The minimum absolute atomic E-state index is 0.173. The lowest BCUT2D eigenvalue weighted by Crippen LogP contribution is -1.98. The van der Waals surface area contributed by atoms with Gasteiger partial charge in [0.1, 0.15) is 11.8 Å². The van der Waals surface area contributed by atoms with E-state index in [1.165, 1.54) is 23.0 Å². The Balaban J connectivity index is 2.50. The topological polar surface area (TPSA) is 74.7 Å². The molecule has 0 amide bonds. The van der Waals surface area contributed by atoms with E-state index in [0.29, 0.717) is 11.4 Å². The minimum atomic E-state index is 0.173. The molecule has 0 saturated heterocycles. The smallest absolute Gasteiger partial charge is 0.164 e. The third kappa shape index (κ3) is 1.29. The number of phenolic OH excluding ortho intramolecular Hbond substituents is 1. The van der Waals surface area contributed by atoms with Crippen LogP contribution in [0.5, 0.6) is 5.75 Å². The Bertz CT molecular complexity index is 480. The Labute approximate surface area is 79.8 Å². The van der Waals surface area contributed by atoms with Crippen LogP contribution in [0.2, 0.25) is 0 Å². The summed E-state index contributed by atoms with van der Waals surface area (Å²) in [5.74, 6) is 0.173. The molecule has 0 bridgehead atoms. The van der Waals surface area contributed by atoms with Gasteiger partial charge in [0.15, 0.2) is 5.69 Å². The van der Waals surface area contributed by atoms with Crippen molar-refractivity contribution in [3.05, 3.63) is 36.2 Å². The van der Waals surface area contributed by atoms with E-state index in [-0.39, 0.29) is 5.75 Å². The fourth-order valence-corrected chi connectivity index (χ4v) is 1.10. The maximum atomic E-state index is 9.07. The molecule has 1 aromatic carbocycles. The highest BCUT2D eigenvalue weighted by Crippen LogP contribution is 2.13. The number of hydrogen-bond donors (Lipinski definition) is 1. The van der Waals surface area contributed by atoms with Crippen molar-refractivity contribution in [3.8, 4) is 17.5 Å². The predicted octanol–water partition coefficient (Wildman–Crippen LogP) is 0.845. The Morgan fingerprint density at radius 2 is 2.00 bits per heavy atom. The highest BCUT2D eigenvalue weighted by Gasteiger charge is 2.04.